The first-order valence-corrected chi connectivity index (χ1v) is 2.10. The van der Waals surface area contributed by atoms with Gasteiger partial charge in [-0.25, -0.2) is 5.06 Å². The molecule has 0 spiro atoms. The highest BCUT2D eigenvalue weighted by Gasteiger charge is 2.08. The first kappa shape index (κ1) is 8.25. The van der Waals surface area contributed by atoms with Gasteiger partial charge in [0.05, 0.1) is 0 Å². The molecular weight excluding hydrogens is 134 g/mol. The Hall–Kier alpha value is -0.750. The fourth-order valence-electron chi connectivity index (χ4n) is 0.201. The van der Waals surface area contributed by atoms with E-state index in [-0.39, 0.29) is 5.06 Å². The van der Waals surface area contributed by atoms with Gasteiger partial charge in [-0.05, 0) is 0 Å². The summed E-state index contributed by atoms with van der Waals surface area (Å²) in [4.78, 5) is 10.00. The number of amides is 1. The van der Waals surface area contributed by atoms with E-state index >= 15 is 0 Å². The van der Waals surface area contributed by atoms with E-state index < -0.39 is 17.9 Å². The van der Waals surface area contributed by atoms with Crippen molar-refractivity contribution in [2.45, 2.75) is 6.92 Å². The molecule has 1 amide bonds. The number of hydrogen-bond donors (Lipinski definition) is 1. The van der Waals surface area contributed by atoms with Gasteiger partial charge in [0, 0.05) is 12.3 Å². The molecule has 0 aromatic carbocycles. The molecule has 6 heteroatoms. The van der Waals surface area contributed by atoms with Gasteiger partial charge >= 0.3 is 0 Å². The Morgan fingerprint density at radius 1 is 1.67 bits per heavy atom. The van der Waals surface area contributed by atoms with Crippen molar-refractivity contribution in [1.29, 1.82) is 0 Å². The van der Waals surface area contributed by atoms with Crippen molar-refractivity contribution < 1.29 is 19.0 Å². The molecule has 4 nitrogen and oxygen atoms in total. The van der Waals surface area contributed by atoms with Crippen LogP contribution in [0.1, 0.15) is 6.92 Å². The van der Waals surface area contributed by atoms with Gasteiger partial charge in [-0.3, -0.25) is 10.0 Å². The summed E-state index contributed by atoms with van der Waals surface area (Å²) >= 11 is 0. The lowest BCUT2D eigenvalue weighted by Gasteiger charge is -2.10. The zero-order valence-electron chi connectivity index (χ0n) is 4.71. The molecule has 0 heterocycles. The normalized spacial score (nSPS) is 9.89. The standard InChI is InChI=1S/C3H6F2N2O2/c1-3(8)6(9)2-7(4)5/h9H,2H2,1H3. The van der Waals surface area contributed by atoms with Crippen LogP contribution in [0.3, 0.4) is 0 Å². The van der Waals surface area contributed by atoms with Gasteiger partial charge in [0.25, 0.3) is 0 Å². The number of carbonyl (C=O) groups excluding carboxylic acids is 1. The average Bonchev–Trinajstić information content (AvgIpc) is 1.63. The summed E-state index contributed by atoms with van der Waals surface area (Å²) in [5.74, 6) is -0.824. The fraction of sp³-hybridized carbons (Fsp3) is 0.667. The molecule has 1 N–H and O–H groups in total. The number of hydrogen-bond acceptors (Lipinski definition) is 3. The molecule has 0 saturated carbocycles. The van der Waals surface area contributed by atoms with E-state index in [2.05, 4.69) is 0 Å². The Labute approximate surface area is 50.1 Å². The van der Waals surface area contributed by atoms with Crippen LogP contribution in [0.25, 0.3) is 0 Å². The van der Waals surface area contributed by atoms with E-state index in [1.807, 2.05) is 0 Å². The third-order valence-electron chi connectivity index (χ3n) is 0.604. The molecule has 0 aliphatic carbocycles. The van der Waals surface area contributed by atoms with Gasteiger partial charge in [0.15, 0.2) is 6.67 Å². The van der Waals surface area contributed by atoms with E-state index in [1.165, 1.54) is 0 Å². The van der Waals surface area contributed by atoms with Crippen molar-refractivity contribution >= 4 is 5.91 Å². The lowest BCUT2D eigenvalue weighted by molar-refractivity contribution is -0.237. The number of hydroxylamine groups is 2. The Morgan fingerprint density at radius 2 is 2.11 bits per heavy atom. The summed E-state index contributed by atoms with van der Waals surface area (Å²) in [7, 11) is 0. The van der Waals surface area contributed by atoms with Crippen molar-refractivity contribution in [2.24, 2.45) is 0 Å². The maximum absolute atomic E-state index is 11.1. The smallest absolute Gasteiger partial charge is 0.244 e. The highest BCUT2D eigenvalue weighted by atomic mass is 19.4. The minimum absolute atomic E-state index is 0.0972. The molecular formula is C3H6F2N2O2. The molecule has 0 aliphatic heterocycles. The van der Waals surface area contributed by atoms with Crippen molar-refractivity contribution in [3.63, 3.8) is 0 Å². The van der Waals surface area contributed by atoms with E-state index in [9.17, 15) is 13.8 Å². The van der Waals surface area contributed by atoms with Crippen LogP contribution in [0.4, 0.5) is 8.96 Å². The van der Waals surface area contributed by atoms with Crippen molar-refractivity contribution in [2.75, 3.05) is 6.67 Å². The summed E-state index contributed by atoms with van der Waals surface area (Å²) < 4.78 is 22.2. The third-order valence-corrected chi connectivity index (χ3v) is 0.604. The molecule has 0 bridgehead atoms. The lowest BCUT2D eigenvalue weighted by Crippen LogP contribution is -2.30. The van der Waals surface area contributed by atoms with Crippen molar-refractivity contribution in [1.82, 2.24) is 10.4 Å². The molecule has 9 heavy (non-hydrogen) atoms. The quantitative estimate of drug-likeness (QED) is 0.259. The monoisotopic (exact) mass is 140 g/mol. The topological polar surface area (TPSA) is 43.8 Å². The second-order valence-corrected chi connectivity index (χ2v) is 1.36. The maximum atomic E-state index is 11.1. The second-order valence-electron chi connectivity index (χ2n) is 1.36. The van der Waals surface area contributed by atoms with Crippen LogP contribution in [0, 0.1) is 0 Å². The highest BCUT2D eigenvalue weighted by molar-refractivity contribution is 5.71. The van der Waals surface area contributed by atoms with Gasteiger partial charge in [-0.2, -0.15) is 0 Å². The Kier molecular flexibility index (Phi) is 3.03. The summed E-state index contributed by atoms with van der Waals surface area (Å²) in [5.41, 5.74) is 0. The van der Waals surface area contributed by atoms with Gasteiger partial charge in [0.1, 0.15) is 0 Å². The van der Waals surface area contributed by atoms with E-state index in [1.54, 1.807) is 0 Å². The van der Waals surface area contributed by atoms with Crippen LogP contribution >= 0.6 is 0 Å². The van der Waals surface area contributed by atoms with Crippen LogP contribution in [0.5, 0.6) is 0 Å². The molecule has 0 aromatic heterocycles. The van der Waals surface area contributed by atoms with E-state index in [4.69, 9.17) is 5.21 Å². The summed E-state index contributed by atoms with van der Waals surface area (Å²) in [6.07, 6.45) is 0. The average molecular weight is 140 g/mol. The molecule has 0 aliphatic rings. The van der Waals surface area contributed by atoms with Crippen LogP contribution in [0.15, 0.2) is 0 Å². The minimum atomic E-state index is -1.30. The molecule has 0 rings (SSSR count). The van der Waals surface area contributed by atoms with E-state index in [0.29, 0.717) is 0 Å². The molecule has 0 saturated heterocycles. The number of nitrogens with zero attached hydrogens (tertiary/aromatic N) is 2. The third kappa shape index (κ3) is 3.80. The first-order chi connectivity index (χ1) is 4.04. The predicted octanol–water partition coefficient (Wildman–Crippen LogP) is 0.253. The van der Waals surface area contributed by atoms with Crippen LogP contribution < -0.4 is 0 Å². The van der Waals surface area contributed by atoms with Crippen molar-refractivity contribution in [3.05, 3.63) is 0 Å². The highest BCUT2D eigenvalue weighted by Crippen LogP contribution is 1.91. The first-order valence-electron chi connectivity index (χ1n) is 2.10. The minimum Gasteiger partial charge on any atom is -0.284 e. The zero-order valence-corrected chi connectivity index (χ0v) is 4.71. The van der Waals surface area contributed by atoms with Crippen LogP contribution in [0.2, 0.25) is 0 Å². The fourth-order valence-corrected chi connectivity index (χ4v) is 0.201. The van der Waals surface area contributed by atoms with Gasteiger partial charge in [-0.15, -0.1) is 0 Å². The summed E-state index contributed by atoms with van der Waals surface area (Å²) in [5, 5.41) is 6.86. The maximum Gasteiger partial charge on any atom is 0.244 e. The predicted molar refractivity (Wildman–Crippen MR) is 23.2 cm³/mol. The molecule has 0 fully saturated rings. The molecule has 0 aromatic rings. The number of halogens is 2. The number of carbonyl (C=O) groups is 1. The van der Waals surface area contributed by atoms with Crippen LogP contribution in [-0.2, 0) is 4.79 Å². The number of rotatable bonds is 2. The molecule has 54 valence electrons. The lowest BCUT2D eigenvalue weighted by atomic mass is 10.7. The summed E-state index contributed by atoms with van der Waals surface area (Å²) in [6, 6.07) is 0. The largest absolute Gasteiger partial charge is 0.284 e. The Morgan fingerprint density at radius 3 is 2.22 bits per heavy atom. The van der Waals surface area contributed by atoms with Crippen molar-refractivity contribution in [3.8, 4) is 0 Å². The van der Waals surface area contributed by atoms with E-state index in [0.717, 1.165) is 6.92 Å². The molecule has 0 atom stereocenters. The second kappa shape index (κ2) is 3.31. The Bertz CT molecular complexity index is 108. The Balaban J connectivity index is 3.50. The molecule has 0 radical (unpaired) electrons. The van der Waals surface area contributed by atoms with Gasteiger partial charge in [-0.1, -0.05) is 8.96 Å². The zero-order chi connectivity index (χ0) is 7.44. The molecule has 0 unspecified atom stereocenters. The van der Waals surface area contributed by atoms with Gasteiger partial charge < -0.3 is 0 Å². The van der Waals surface area contributed by atoms with Gasteiger partial charge in [0.2, 0.25) is 5.91 Å². The SMILES string of the molecule is CC(=O)N(O)CN(F)F. The summed E-state index contributed by atoms with van der Waals surface area (Å²) in [6.45, 7) is -0.112. The van der Waals surface area contributed by atoms with Crippen LogP contribution in [-0.4, -0.2) is 28.2 Å².